The van der Waals surface area contributed by atoms with E-state index in [2.05, 4.69) is 19.2 Å². The van der Waals surface area contributed by atoms with Gasteiger partial charge in [0.2, 0.25) is 0 Å². The van der Waals surface area contributed by atoms with E-state index in [0.717, 1.165) is 17.7 Å². The second-order valence-corrected chi connectivity index (χ2v) is 6.99. The van der Waals surface area contributed by atoms with Gasteiger partial charge in [-0.3, -0.25) is 9.69 Å². The summed E-state index contributed by atoms with van der Waals surface area (Å²) in [6, 6.07) is 6.87. The van der Waals surface area contributed by atoms with Crippen LogP contribution in [0.5, 0.6) is 5.75 Å². The number of hydrogen-bond donors (Lipinski definition) is 1. The monoisotopic (exact) mass is 343 g/mol. The fourth-order valence-electron chi connectivity index (χ4n) is 3.29. The number of likely N-dealkylation sites (N-methyl/N-ethyl adjacent to an activating group) is 1. The Morgan fingerprint density at radius 1 is 1.32 bits per heavy atom. The van der Waals surface area contributed by atoms with Gasteiger partial charge < -0.3 is 15.0 Å². The molecule has 1 aromatic carbocycles. The van der Waals surface area contributed by atoms with Gasteiger partial charge in [0.1, 0.15) is 5.75 Å². The molecule has 0 bridgehead atoms. The maximum absolute atomic E-state index is 13.0. The molecule has 0 radical (unpaired) electrons. The van der Waals surface area contributed by atoms with Crippen molar-refractivity contribution in [2.45, 2.75) is 26.3 Å². The van der Waals surface area contributed by atoms with E-state index in [4.69, 9.17) is 4.74 Å². The summed E-state index contributed by atoms with van der Waals surface area (Å²) in [4.78, 5) is 28.8. The van der Waals surface area contributed by atoms with Crippen molar-refractivity contribution < 1.29 is 14.3 Å². The Bertz CT molecular complexity index is 726. The van der Waals surface area contributed by atoms with Crippen molar-refractivity contribution in [1.82, 2.24) is 15.1 Å². The number of ether oxygens (including phenoxy) is 1. The van der Waals surface area contributed by atoms with Gasteiger partial charge in [-0.15, -0.1) is 0 Å². The van der Waals surface area contributed by atoms with Gasteiger partial charge in [-0.25, -0.2) is 4.79 Å². The Labute approximate surface area is 148 Å². The largest absolute Gasteiger partial charge is 0.497 e. The zero-order chi connectivity index (χ0) is 18.1. The normalized spacial score (nSPS) is 20.3. The first-order valence-corrected chi connectivity index (χ1v) is 8.63. The molecule has 2 aliphatic rings. The molecule has 0 aliphatic carbocycles. The third-order valence-corrected chi connectivity index (χ3v) is 4.84. The molecule has 0 aromatic heterocycles. The van der Waals surface area contributed by atoms with E-state index in [-0.39, 0.29) is 11.9 Å². The number of benzene rings is 1. The van der Waals surface area contributed by atoms with Crippen LogP contribution in [-0.2, 0) is 4.79 Å². The Morgan fingerprint density at radius 2 is 2.08 bits per heavy atom. The highest BCUT2D eigenvalue weighted by molar-refractivity contribution is 6.01. The summed E-state index contributed by atoms with van der Waals surface area (Å²) in [6.45, 7) is 5.48. The van der Waals surface area contributed by atoms with Crippen LogP contribution in [0.15, 0.2) is 35.5 Å². The zero-order valence-corrected chi connectivity index (χ0v) is 15.2. The summed E-state index contributed by atoms with van der Waals surface area (Å²) < 4.78 is 5.28. The van der Waals surface area contributed by atoms with E-state index < -0.39 is 6.04 Å². The molecule has 2 aliphatic heterocycles. The minimum Gasteiger partial charge on any atom is -0.497 e. The van der Waals surface area contributed by atoms with Crippen molar-refractivity contribution in [3.8, 4) is 5.75 Å². The number of hydrogen-bond acceptors (Lipinski definition) is 3. The summed E-state index contributed by atoms with van der Waals surface area (Å²) in [7, 11) is 3.32. The van der Waals surface area contributed by atoms with Gasteiger partial charge in [-0.2, -0.15) is 0 Å². The molecule has 6 heteroatoms. The number of nitrogens with one attached hydrogen (secondary N) is 1. The molecule has 1 unspecified atom stereocenters. The van der Waals surface area contributed by atoms with Crippen LogP contribution in [0.2, 0.25) is 0 Å². The van der Waals surface area contributed by atoms with Crippen LogP contribution in [0.4, 0.5) is 4.79 Å². The van der Waals surface area contributed by atoms with Crippen LogP contribution in [0, 0.1) is 5.92 Å². The summed E-state index contributed by atoms with van der Waals surface area (Å²) in [6.07, 6.45) is 0.946. The van der Waals surface area contributed by atoms with Gasteiger partial charge >= 0.3 is 6.03 Å². The number of methoxy groups -OCH3 is 1. The molecule has 25 heavy (non-hydrogen) atoms. The van der Waals surface area contributed by atoms with E-state index in [1.165, 1.54) is 0 Å². The summed E-state index contributed by atoms with van der Waals surface area (Å²) >= 11 is 0. The van der Waals surface area contributed by atoms with Gasteiger partial charge in [0.05, 0.1) is 31.0 Å². The number of carbonyl (C=O) groups excluding carboxylic acids is 2. The Hall–Kier alpha value is -2.50. The molecule has 2 heterocycles. The van der Waals surface area contributed by atoms with Crippen LogP contribution >= 0.6 is 0 Å². The van der Waals surface area contributed by atoms with E-state index in [9.17, 15) is 9.59 Å². The molecular weight excluding hydrogens is 318 g/mol. The number of nitrogens with zero attached hydrogens (tertiary/aromatic N) is 2. The highest BCUT2D eigenvalue weighted by Crippen LogP contribution is 2.36. The van der Waals surface area contributed by atoms with Crippen LogP contribution in [0.1, 0.15) is 31.9 Å². The minimum absolute atomic E-state index is 0.00956. The lowest BCUT2D eigenvalue weighted by molar-refractivity contribution is -0.125. The molecule has 1 N–H and O–H groups in total. The molecule has 3 amide bonds. The SMILES string of the molecule is COc1cccc(C2NC(=O)N(C)C3=C2C(=O)N(CCC(C)C)C3)c1. The van der Waals surface area contributed by atoms with Gasteiger partial charge in [0.15, 0.2) is 0 Å². The second kappa shape index (κ2) is 6.78. The summed E-state index contributed by atoms with van der Waals surface area (Å²) in [5.74, 6) is 1.24. The van der Waals surface area contributed by atoms with Crippen molar-refractivity contribution in [2.75, 3.05) is 27.2 Å². The molecule has 0 fully saturated rings. The number of urea groups is 1. The molecular formula is C19H25N3O3. The first kappa shape index (κ1) is 17.3. The van der Waals surface area contributed by atoms with Crippen LogP contribution in [0.3, 0.4) is 0 Å². The quantitative estimate of drug-likeness (QED) is 0.894. The fourth-order valence-corrected chi connectivity index (χ4v) is 3.29. The van der Waals surface area contributed by atoms with Gasteiger partial charge in [0, 0.05) is 13.6 Å². The summed E-state index contributed by atoms with van der Waals surface area (Å²) in [5, 5.41) is 2.95. The molecule has 134 valence electrons. The van der Waals surface area contributed by atoms with E-state index >= 15 is 0 Å². The standard InChI is InChI=1S/C19H25N3O3/c1-12(2)8-9-22-11-15-16(18(22)23)17(20-19(24)21(15)3)13-6-5-7-14(10-13)25-4/h5-7,10,12,17H,8-9,11H2,1-4H3,(H,20,24). The molecule has 1 aromatic rings. The van der Waals surface area contributed by atoms with E-state index in [1.807, 2.05) is 29.2 Å². The molecule has 0 saturated heterocycles. The second-order valence-electron chi connectivity index (χ2n) is 6.99. The zero-order valence-electron chi connectivity index (χ0n) is 15.2. The minimum atomic E-state index is -0.439. The topological polar surface area (TPSA) is 61.9 Å². The maximum Gasteiger partial charge on any atom is 0.322 e. The van der Waals surface area contributed by atoms with Crippen LogP contribution < -0.4 is 10.1 Å². The van der Waals surface area contributed by atoms with Crippen molar-refractivity contribution in [3.05, 3.63) is 41.1 Å². The fraction of sp³-hybridized carbons (Fsp3) is 0.474. The first-order chi connectivity index (χ1) is 11.9. The third-order valence-electron chi connectivity index (χ3n) is 4.84. The maximum atomic E-state index is 13.0. The Balaban J connectivity index is 1.94. The van der Waals surface area contributed by atoms with Gasteiger partial charge in [-0.1, -0.05) is 26.0 Å². The average molecular weight is 343 g/mol. The van der Waals surface area contributed by atoms with Crippen LogP contribution in [0.25, 0.3) is 0 Å². The smallest absolute Gasteiger partial charge is 0.322 e. The lowest BCUT2D eigenvalue weighted by Gasteiger charge is -2.31. The lowest BCUT2D eigenvalue weighted by atomic mass is 9.95. The average Bonchev–Trinajstić information content (AvgIpc) is 2.93. The number of amides is 3. The lowest BCUT2D eigenvalue weighted by Crippen LogP contribution is -2.45. The van der Waals surface area contributed by atoms with E-state index in [0.29, 0.717) is 30.3 Å². The van der Waals surface area contributed by atoms with E-state index in [1.54, 1.807) is 19.1 Å². The molecule has 0 saturated carbocycles. The highest BCUT2D eigenvalue weighted by atomic mass is 16.5. The molecule has 1 atom stereocenters. The molecule has 0 spiro atoms. The third kappa shape index (κ3) is 3.21. The highest BCUT2D eigenvalue weighted by Gasteiger charge is 2.42. The number of carbonyl (C=O) groups is 2. The van der Waals surface area contributed by atoms with Crippen molar-refractivity contribution in [3.63, 3.8) is 0 Å². The predicted octanol–water partition coefficient (Wildman–Crippen LogP) is 2.53. The van der Waals surface area contributed by atoms with Crippen molar-refractivity contribution >= 4 is 11.9 Å². The summed E-state index contributed by atoms with van der Waals surface area (Å²) in [5.41, 5.74) is 2.32. The molecule has 6 nitrogen and oxygen atoms in total. The van der Waals surface area contributed by atoms with Crippen molar-refractivity contribution in [2.24, 2.45) is 5.92 Å². The Morgan fingerprint density at radius 3 is 2.76 bits per heavy atom. The van der Waals surface area contributed by atoms with Gasteiger partial charge in [0.25, 0.3) is 5.91 Å². The Kier molecular flexibility index (Phi) is 4.70. The molecule has 3 rings (SSSR count). The first-order valence-electron chi connectivity index (χ1n) is 8.63. The van der Waals surface area contributed by atoms with Crippen molar-refractivity contribution in [1.29, 1.82) is 0 Å². The van der Waals surface area contributed by atoms with Gasteiger partial charge in [-0.05, 0) is 30.0 Å². The number of rotatable bonds is 5. The predicted molar refractivity (Wildman–Crippen MR) is 95.1 cm³/mol. The van der Waals surface area contributed by atoms with Crippen LogP contribution in [-0.4, -0.2) is 49.0 Å².